The van der Waals surface area contributed by atoms with E-state index in [0.717, 1.165) is 6.92 Å². The Hall–Kier alpha value is -2.77. The van der Waals surface area contributed by atoms with Crippen LogP contribution in [0, 0.1) is 0 Å². The van der Waals surface area contributed by atoms with Gasteiger partial charge in [0, 0.05) is 0 Å². The highest BCUT2D eigenvalue weighted by Crippen LogP contribution is 1.99. The molecule has 0 saturated heterocycles. The summed E-state index contributed by atoms with van der Waals surface area (Å²) in [5.41, 5.74) is 10.4. The summed E-state index contributed by atoms with van der Waals surface area (Å²) in [6, 6.07) is -5.69. The highest BCUT2D eigenvalue weighted by atomic mass is 16.4. The molecule has 160 valence electrons. The fourth-order valence-electron chi connectivity index (χ4n) is 2.01. The van der Waals surface area contributed by atoms with Crippen molar-refractivity contribution < 1.29 is 39.3 Å². The molecular formula is C15H27N5O8. The average Bonchev–Trinajstić information content (AvgIpc) is 2.54. The number of primary amides is 1. The zero-order valence-electron chi connectivity index (χ0n) is 15.7. The minimum absolute atomic E-state index is 0.477. The van der Waals surface area contributed by atoms with Gasteiger partial charge in [-0.2, -0.15) is 0 Å². The highest BCUT2D eigenvalue weighted by molar-refractivity contribution is 5.95. The zero-order valence-corrected chi connectivity index (χ0v) is 15.7. The van der Waals surface area contributed by atoms with Crippen molar-refractivity contribution >= 4 is 29.6 Å². The molecule has 0 fully saturated rings. The number of hydrogen-bond donors (Lipinski definition) is 8. The second kappa shape index (κ2) is 11.2. The number of nitrogens with two attached hydrogens (primary N) is 2. The van der Waals surface area contributed by atoms with Gasteiger partial charge in [0.05, 0.1) is 24.7 Å². The Kier molecular flexibility index (Phi) is 10.1. The van der Waals surface area contributed by atoms with Crippen molar-refractivity contribution in [3.63, 3.8) is 0 Å². The zero-order chi connectivity index (χ0) is 22.2. The number of carbonyl (C=O) groups is 5. The highest BCUT2D eigenvalue weighted by Gasteiger charge is 2.32. The van der Waals surface area contributed by atoms with Gasteiger partial charge in [-0.3, -0.25) is 19.2 Å². The Balaban J connectivity index is 5.00. The van der Waals surface area contributed by atoms with Crippen molar-refractivity contribution in [1.29, 1.82) is 0 Å². The third-order valence-electron chi connectivity index (χ3n) is 3.62. The monoisotopic (exact) mass is 405 g/mol. The van der Waals surface area contributed by atoms with Crippen LogP contribution < -0.4 is 27.4 Å². The van der Waals surface area contributed by atoms with Crippen molar-refractivity contribution in [3.05, 3.63) is 0 Å². The summed E-state index contributed by atoms with van der Waals surface area (Å²) in [6.45, 7) is 3.59. The number of nitrogens with one attached hydrogen (secondary N) is 3. The molecular weight excluding hydrogens is 378 g/mol. The first-order chi connectivity index (χ1) is 12.8. The minimum Gasteiger partial charge on any atom is -0.480 e. The number of carboxylic acids is 1. The Morgan fingerprint density at radius 2 is 1.29 bits per heavy atom. The van der Waals surface area contributed by atoms with Crippen LogP contribution >= 0.6 is 0 Å². The van der Waals surface area contributed by atoms with E-state index in [2.05, 4.69) is 10.6 Å². The summed E-state index contributed by atoms with van der Waals surface area (Å²) in [6.07, 6.45) is -3.25. The van der Waals surface area contributed by atoms with Crippen molar-refractivity contribution in [2.24, 2.45) is 11.5 Å². The largest absolute Gasteiger partial charge is 0.480 e. The summed E-state index contributed by atoms with van der Waals surface area (Å²) in [4.78, 5) is 58.0. The maximum atomic E-state index is 12.3. The van der Waals surface area contributed by atoms with Crippen LogP contribution in [0.5, 0.6) is 0 Å². The number of aliphatic hydroxyl groups excluding tert-OH is 2. The van der Waals surface area contributed by atoms with Gasteiger partial charge in [0.1, 0.15) is 12.1 Å². The molecule has 6 atom stereocenters. The molecule has 6 unspecified atom stereocenters. The normalized spacial score (nSPS) is 17.2. The Labute approximate surface area is 160 Å². The number of aliphatic hydroxyl groups is 2. The van der Waals surface area contributed by atoms with Crippen LogP contribution in [0.1, 0.15) is 27.2 Å². The average molecular weight is 405 g/mol. The molecule has 0 heterocycles. The molecule has 13 heteroatoms. The molecule has 28 heavy (non-hydrogen) atoms. The fourth-order valence-corrected chi connectivity index (χ4v) is 2.01. The smallest absolute Gasteiger partial charge is 0.328 e. The first-order valence-corrected chi connectivity index (χ1v) is 8.31. The minimum atomic E-state index is -1.59. The molecule has 0 saturated carbocycles. The molecule has 0 aliphatic carbocycles. The molecule has 0 aromatic rings. The van der Waals surface area contributed by atoms with Gasteiger partial charge in [0.25, 0.3) is 0 Å². The quantitative estimate of drug-likeness (QED) is 0.165. The summed E-state index contributed by atoms with van der Waals surface area (Å²) in [5, 5.41) is 34.4. The first kappa shape index (κ1) is 25.2. The van der Waals surface area contributed by atoms with Crippen LogP contribution in [0.25, 0.3) is 0 Å². The van der Waals surface area contributed by atoms with Gasteiger partial charge in [-0.15, -0.1) is 0 Å². The maximum Gasteiger partial charge on any atom is 0.328 e. The molecule has 0 spiro atoms. The maximum absolute atomic E-state index is 12.3. The molecule has 0 aliphatic rings. The van der Waals surface area contributed by atoms with Crippen LogP contribution in [-0.2, 0) is 24.0 Å². The molecule has 0 aromatic carbocycles. The Morgan fingerprint density at radius 1 is 0.821 bits per heavy atom. The van der Waals surface area contributed by atoms with Crippen molar-refractivity contribution in [3.8, 4) is 0 Å². The summed E-state index contributed by atoms with van der Waals surface area (Å²) < 4.78 is 0. The van der Waals surface area contributed by atoms with Crippen LogP contribution in [0.4, 0.5) is 0 Å². The molecule has 13 nitrogen and oxygen atoms in total. The third kappa shape index (κ3) is 8.28. The van der Waals surface area contributed by atoms with Crippen LogP contribution in [0.2, 0.25) is 0 Å². The molecule has 0 aromatic heterocycles. The number of amides is 4. The Morgan fingerprint density at radius 3 is 1.68 bits per heavy atom. The third-order valence-corrected chi connectivity index (χ3v) is 3.62. The van der Waals surface area contributed by atoms with E-state index in [1.807, 2.05) is 5.32 Å². The number of hydrogen-bond acceptors (Lipinski definition) is 8. The van der Waals surface area contributed by atoms with Crippen LogP contribution in [0.3, 0.4) is 0 Å². The lowest BCUT2D eigenvalue weighted by molar-refractivity contribution is -0.145. The Bertz CT molecular complexity index is 609. The van der Waals surface area contributed by atoms with E-state index in [9.17, 15) is 34.2 Å². The van der Waals surface area contributed by atoms with E-state index >= 15 is 0 Å². The van der Waals surface area contributed by atoms with E-state index in [4.69, 9.17) is 16.6 Å². The predicted octanol–water partition coefficient (Wildman–Crippen LogP) is -4.49. The van der Waals surface area contributed by atoms with Crippen molar-refractivity contribution in [2.45, 2.75) is 63.6 Å². The number of carboxylic acid groups (broad SMARTS) is 1. The lowest BCUT2D eigenvalue weighted by atomic mass is 10.1. The summed E-state index contributed by atoms with van der Waals surface area (Å²) >= 11 is 0. The topological polar surface area (TPSA) is 234 Å². The molecule has 0 aliphatic heterocycles. The summed E-state index contributed by atoms with van der Waals surface area (Å²) in [7, 11) is 0. The lowest BCUT2D eigenvalue weighted by Gasteiger charge is -2.25. The van der Waals surface area contributed by atoms with E-state index < -0.39 is 72.4 Å². The van der Waals surface area contributed by atoms with Gasteiger partial charge in [0.2, 0.25) is 23.6 Å². The number of carbonyl (C=O) groups excluding carboxylic acids is 4. The fraction of sp³-hybridized carbons (Fsp3) is 0.667. The predicted molar refractivity (Wildman–Crippen MR) is 94.3 cm³/mol. The molecule has 4 amide bonds. The number of rotatable bonds is 11. The van der Waals surface area contributed by atoms with E-state index in [1.165, 1.54) is 13.8 Å². The summed E-state index contributed by atoms with van der Waals surface area (Å²) in [5.74, 6) is -5.10. The van der Waals surface area contributed by atoms with E-state index in [0.29, 0.717) is 0 Å². The van der Waals surface area contributed by atoms with Crippen molar-refractivity contribution in [2.75, 3.05) is 0 Å². The van der Waals surface area contributed by atoms with E-state index in [-0.39, 0.29) is 0 Å². The molecule has 0 bridgehead atoms. The van der Waals surface area contributed by atoms with Crippen LogP contribution in [-0.4, -0.2) is 81.3 Å². The van der Waals surface area contributed by atoms with Gasteiger partial charge in [-0.05, 0) is 20.8 Å². The molecule has 10 N–H and O–H groups in total. The van der Waals surface area contributed by atoms with Gasteiger partial charge >= 0.3 is 5.97 Å². The molecule has 0 rings (SSSR count). The van der Waals surface area contributed by atoms with Gasteiger partial charge in [0.15, 0.2) is 6.04 Å². The first-order valence-electron chi connectivity index (χ1n) is 8.31. The SMILES string of the molecule is CC(NC(=O)C(NC(=O)C(N)CC(N)=O)C(C)O)C(=O)NC(C(=O)O)C(C)O. The second-order valence-corrected chi connectivity index (χ2v) is 6.30. The lowest BCUT2D eigenvalue weighted by Crippen LogP contribution is -2.60. The van der Waals surface area contributed by atoms with Gasteiger partial charge in [-0.25, -0.2) is 4.79 Å². The standard InChI is InChI=1S/C15H27N5O8/c1-5(12(24)20-11(7(3)22)15(27)28)18-14(26)10(6(2)21)19-13(25)8(16)4-9(17)23/h5-8,10-11,21-22H,4,16H2,1-3H3,(H2,17,23)(H,18,26)(H,19,25)(H,20,24)(H,27,28). The van der Waals surface area contributed by atoms with Gasteiger partial charge < -0.3 is 42.7 Å². The van der Waals surface area contributed by atoms with Crippen LogP contribution in [0.15, 0.2) is 0 Å². The second-order valence-electron chi connectivity index (χ2n) is 6.30. The van der Waals surface area contributed by atoms with E-state index in [1.54, 1.807) is 0 Å². The van der Waals surface area contributed by atoms with Crippen molar-refractivity contribution in [1.82, 2.24) is 16.0 Å². The van der Waals surface area contributed by atoms with Gasteiger partial charge in [-0.1, -0.05) is 0 Å². The number of aliphatic carboxylic acids is 1. The molecule has 0 radical (unpaired) electrons.